The molecule has 0 unspecified atom stereocenters. The van der Waals surface area contributed by atoms with Crippen molar-refractivity contribution in [2.24, 2.45) is 0 Å². The molecular weight excluding hydrogens is 451 g/mol. The minimum Gasteiger partial charge on any atom is -0.496 e. The summed E-state index contributed by atoms with van der Waals surface area (Å²) in [6, 6.07) is 16.3. The number of thiophene rings is 1. The normalized spacial score (nSPS) is 14.5. The van der Waals surface area contributed by atoms with Crippen molar-refractivity contribution in [2.75, 3.05) is 7.11 Å². The van der Waals surface area contributed by atoms with Gasteiger partial charge in [0, 0.05) is 22.0 Å². The maximum absolute atomic E-state index is 15.1. The Morgan fingerprint density at radius 1 is 1.09 bits per heavy atom. The first-order chi connectivity index (χ1) is 16.6. The first-order valence-electron chi connectivity index (χ1n) is 11.6. The Morgan fingerprint density at radius 2 is 1.82 bits per heavy atom. The molecule has 7 heteroatoms. The number of ether oxygens (including phenoxy) is 1. The molecular formula is C27H29FN2O3S. The predicted octanol–water partition coefficient (Wildman–Crippen LogP) is 5.27. The smallest absolute Gasteiger partial charge is 0.247 e. The highest BCUT2D eigenvalue weighted by molar-refractivity contribution is 7.10. The van der Waals surface area contributed by atoms with Gasteiger partial charge in [-0.15, -0.1) is 11.3 Å². The van der Waals surface area contributed by atoms with Crippen LogP contribution in [-0.4, -0.2) is 29.9 Å². The van der Waals surface area contributed by atoms with Gasteiger partial charge in [0.1, 0.15) is 17.6 Å². The Hall–Kier alpha value is -3.19. The third kappa shape index (κ3) is 5.65. The largest absolute Gasteiger partial charge is 0.496 e. The number of nitrogens with zero attached hydrogens (tertiary/aromatic N) is 1. The van der Waals surface area contributed by atoms with E-state index >= 15 is 4.39 Å². The van der Waals surface area contributed by atoms with Gasteiger partial charge in [0.2, 0.25) is 11.8 Å². The van der Waals surface area contributed by atoms with Crippen LogP contribution in [0.4, 0.5) is 4.39 Å². The second-order valence-electron chi connectivity index (χ2n) is 8.50. The summed E-state index contributed by atoms with van der Waals surface area (Å²) < 4.78 is 20.6. The lowest BCUT2D eigenvalue weighted by Crippen LogP contribution is -2.46. The van der Waals surface area contributed by atoms with E-state index in [4.69, 9.17) is 4.74 Å². The van der Waals surface area contributed by atoms with Crippen LogP contribution in [-0.2, 0) is 22.6 Å². The van der Waals surface area contributed by atoms with E-state index in [1.165, 1.54) is 22.3 Å². The van der Waals surface area contributed by atoms with Gasteiger partial charge in [0.05, 0.1) is 20.1 Å². The molecule has 5 nitrogen and oxygen atoms in total. The Balaban J connectivity index is 1.74. The zero-order valence-electron chi connectivity index (χ0n) is 19.2. The maximum Gasteiger partial charge on any atom is 0.247 e. The van der Waals surface area contributed by atoms with Crippen LogP contribution in [0.2, 0.25) is 0 Å². The molecule has 1 heterocycles. The molecule has 4 rings (SSSR count). The van der Waals surface area contributed by atoms with Gasteiger partial charge < -0.3 is 15.0 Å². The Bertz CT molecular complexity index is 1110. The highest BCUT2D eigenvalue weighted by Gasteiger charge is 2.35. The average Bonchev–Trinajstić information content (AvgIpc) is 3.54. The lowest BCUT2D eigenvalue weighted by atomic mass is 10.0. The molecule has 1 N–H and O–H groups in total. The van der Waals surface area contributed by atoms with E-state index < -0.39 is 11.9 Å². The lowest BCUT2D eigenvalue weighted by Gasteiger charge is -2.33. The zero-order chi connectivity index (χ0) is 23.9. The minimum atomic E-state index is -1.10. The Labute approximate surface area is 203 Å². The van der Waals surface area contributed by atoms with Gasteiger partial charge in [0.25, 0.3) is 0 Å². The summed E-state index contributed by atoms with van der Waals surface area (Å²) in [6.45, 7) is 0.116. The first kappa shape index (κ1) is 24.0. The van der Waals surface area contributed by atoms with Crippen molar-refractivity contribution in [1.82, 2.24) is 10.2 Å². The molecule has 1 atom stereocenters. The molecule has 178 valence electrons. The van der Waals surface area contributed by atoms with E-state index in [0.29, 0.717) is 5.75 Å². The number of amides is 2. The molecule has 0 radical (unpaired) electrons. The average molecular weight is 481 g/mol. The van der Waals surface area contributed by atoms with Gasteiger partial charge in [0.15, 0.2) is 0 Å². The van der Waals surface area contributed by atoms with E-state index in [0.717, 1.165) is 36.1 Å². The van der Waals surface area contributed by atoms with Gasteiger partial charge in [-0.1, -0.05) is 55.3 Å². The van der Waals surface area contributed by atoms with Crippen LogP contribution in [0.25, 0.3) is 0 Å². The first-order valence-corrected chi connectivity index (χ1v) is 12.4. The topological polar surface area (TPSA) is 58.6 Å². The number of rotatable bonds is 9. The number of para-hydroxylation sites is 1. The van der Waals surface area contributed by atoms with Gasteiger partial charge in [-0.3, -0.25) is 9.59 Å². The van der Waals surface area contributed by atoms with Gasteiger partial charge in [-0.05, 0) is 36.4 Å². The van der Waals surface area contributed by atoms with Crippen molar-refractivity contribution in [3.05, 3.63) is 87.9 Å². The summed E-state index contributed by atoms with van der Waals surface area (Å²) in [5, 5.41) is 5.00. The standard InChI is InChI=1S/C27H29FN2O3S/c1-33-24-15-7-2-9-19(24)18-30(25(31)17-21-12-8-16-34-21)26(22-13-5-6-14-23(22)28)27(32)29-20-10-3-4-11-20/h2,5-9,12-16,20,26H,3-4,10-11,17-18H2,1H3,(H,29,32)/t26-/m0/s1. The fourth-order valence-corrected chi connectivity index (χ4v) is 5.20. The van der Waals surface area contributed by atoms with Crippen molar-refractivity contribution < 1.29 is 18.7 Å². The molecule has 34 heavy (non-hydrogen) atoms. The third-order valence-corrected chi connectivity index (χ3v) is 7.10. The quantitative estimate of drug-likeness (QED) is 0.454. The monoisotopic (exact) mass is 480 g/mol. The van der Waals surface area contributed by atoms with Gasteiger partial charge >= 0.3 is 0 Å². The summed E-state index contributed by atoms with van der Waals surface area (Å²) >= 11 is 1.48. The van der Waals surface area contributed by atoms with E-state index in [2.05, 4.69) is 5.32 Å². The number of nitrogens with one attached hydrogen (secondary N) is 1. The maximum atomic E-state index is 15.1. The highest BCUT2D eigenvalue weighted by Crippen LogP contribution is 2.30. The SMILES string of the molecule is COc1ccccc1CN(C(=O)Cc1cccs1)[C@H](C(=O)NC1CCCC1)c1ccccc1F. The predicted molar refractivity (Wildman–Crippen MR) is 131 cm³/mol. The van der Waals surface area contributed by atoms with Crippen LogP contribution in [0, 0.1) is 5.82 Å². The molecule has 0 saturated heterocycles. The van der Waals surface area contributed by atoms with Gasteiger partial charge in [-0.2, -0.15) is 0 Å². The van der Waals surface area contributed by atoms with E-state index in [9.17, 15) is 9.59 Å². The number of carbonyl (C=O) groups is 2. The molecule has 1 aromatic heterocycles. The highest BCUT2D eigenvalue weighted by atomic mass is 32.1. The van der Waals surface area contributed by atoms with E-state index in [1.807, 2.05) is 41.8 Å². The third-order valence-electron chi connectivity index (χ3n) is 6.22. The molecule has 0 bridgehead atoms. The van der Waals surface area contributed by atoms with Crippen molar-refractivity contribution >= 4 is 23.2 Å². The second kappa shape index (κ2) is 11.3. The molecule has 0 aliphatic heterocycles. The zero-order valence-corrected chi connectivity index (χ0v) is 20.0. The lowest BCUT2D eigenvalue weighted by molar-refractivity contribution is -0.141. The summed E-state index contributed by atoms with van der Waals surface area (Å²) in [5.41, 5.74) is 0.937. The molecule has 1 aliphatic carbocycles. The number of carbonyl (C=O) groups excluding carboxylic acids is 2. The molecule has 1 fully saturated rings. The summed E-state index contributed by atoms with van der Waals surface area (Å²) in [5.74, 6) is -0.502. The van der Waals surface area contributed by atoms with Crippen LogP contribution in [0.1, 0.15) is 47.7 Å². The summed E-state index contributed by atoms with van der Waals surface area (Å²) in [6.07, 6.45) is 4.03. The Kier molecular flexibility index (Phi) is 7.95. The number of methoxy groups -OCH3 is 1. The molecule has 0 spiro atoms. The van der Waals surface area contributed by atoms with Crippen molar-refractivity contribution in [2.45, 2.75) is 50.7 Å². The van der Waals surface area contributed by atoms with Gasteiger partial charge in [-0.25, -0.2) is 4.39 Å². The number of halogens is 1. The second-order valence-corrected chi connectivity index (χ2v) is 9.54. The molecule has 3 aromatic rings. The number of benzene rings is 2. The van der Waals surface area contributed by atoms with Crippen LogP contribution in [0.3, 0.4) is 0 Å². The fraction of sp³-hybridized carbons (Fsp3) is 0.333. The number of hydrogen-bond acceptors (Lipinski definition) is 4. The summed E-state index contributed by atoms with van der Waals surface area (Å²) in [4.78, 5) is 29.7. The molecule has 1 aliphatic rings. The van der Waals surface area contributed by atoms with Crippen molar-refractivity contribution in [3.63, 3.8) is 0 Å². The Morgan fingerprint density at radius 3 is 2.53 bits per heavy atom. The van der Waals surface area contributed by atoms with Crippen LogP contribution in [0.5, 0.6) is 5.75 Å². The minimum absolute atomic E-state index is 0.0438. The van der Waals surface area contributed by atoms with E-state index in [-0.39, 0.29) is 36.4 Å². The molecule has 2 aromatic carbocycles. The molecule has 1 saturated carbocycles. The fourth-order valence-electron chi connectivity index (χ4n) is 4.50. The summed E-state index contributed by atoms with van der Waals surface area (Å²) in [7, 11) is 1.57. The van der Waals surface area contributed by atoms with Crippen molar-refractivity contribution in [1.29, 1.82) is 0 Å². The van der Waals surface area contributed by atoms with Crippen LogP contribution in [0.15, 0.2) is 66.0 Å². The van der Waals surface area contributed by atoms with Crippen molar-refractivity contribution in [3.8, 4) is 5.75 Å². The van der Waals surface area contributed by atoms with E-state index in [1.54, 1.807) is 25.3 Å². The molecule has 2 amide bonds. The van der Waals surface area contributed by atoms with Crippen LogP contribution >= 0.6 is 11.3 Å². The van der Waals surface area contributed by atoms with Crippen LogP contribution < -0.4 is 10.1 Å². The number of hydrogen-bond donors (Lipinski definition) is 1.